The number of thiazole rings is 1. The normalized spacial score (nSPS) is 11.6. The predicted octanol–water partition coefficient (Wildman–Crippen LogP) is 3.28. The second kappa shape index (κ2) is 6.67. The molecule has 0 amide bonds. The maximum atomic E-state index is 5.22. The van der Waals surface area contributed by atoms with Gasteiger partial charge in [-0.3, -0.25) is 5.43 Å². The first-order chi connectivity index (χ1) is 10.7. The molecule has 3 rings (SSSR count). The molecule has 5 nitrogen and oxygen atoms in total. The Balaban J connectivity index is 1.60. The molecule has 0 spiro atoms. The number of aromatic nitrogens is 1. The highest BCUT2D eigenvalue weighted by Gasteiger charge is 2.06. The summed E-state index contributed by atoms with van der Waals surface area (Å²) < 4.78 is 6.36. The molecule has 2 aromatic heterocycles. The number of para-hydroxylation sites is 1. The lowest BCUT2D eigenvalue weighted by atomic mass is 10.3. The molecule has 0 aliphatic rings. The van der Waals surface area contributed by atoms with Gasteiger partial charge >= 0.3 is 0 Å². The summed E-state index contributed by atoms with van der Waals surface area (Å²) in [6, 6.07) is 11.7. The van der Waals surface area contributed by atoms with Crippen molar-refractivity contribution >= 4 is 44.6 Å². The Kier molecular flexibility index (Phi) is 4.45. The summed E-state index contributed by atoms with van der Waals surface area (Å²) in [6.45, 7) is 2.42. The van der Waals surface area contributed by atoms with Crippen molar-refractivity contribution in [1.29, 1.82) is 0 Å². The molecule has 2 N–H and O–H groups in total. The molecule has 0 saturated heterocycles. The van der Waals surface area contributed by atoms with Gasteiger partial charge in [0.15, 0.2) is 5.11 Å². The molecule has 0 atom stereocenters. The third-order valence-corrected chi connectivity index (χ3v) is 4.31. The third kappa shape index (κ3) is 3.49. The molecule has 1 aromatic carbocycles. The quantitative estimate of drug-likeness (QED) is 0.437. The lowest BCUT2D eigenvalue weighted by Crippen LogP contribution is -2.32. The number of fused-ring (bicyclic) bond motifs is 1. The Labute approximate surface area is 137 Å². The van der Waals surface area contributed by atoms with Crippen molar-refractivity contribution in [3.05, 3.63) is 53.4 Å². The zero-order valence-corrected chi connectivity index (χ0v) is 13.5. The van der Waals surface area contributed by atoms with Crippen molar-refractivity contribution in [2.24, 2.45) is 5.10 Å². The van der Waals surface area contributed by atoms with Gasteiger partial charge in [0, 0.05) is 0 Å². The molecule has 3 aromatic rings. The molecule has 0 unspecified atom stereocenters. The van der Waals surface area contributed by atoms with E-state index in [9.17, 15) is 0 Å². The molecule has 0 aliphatic heterocycles. The van der Waals surface area contributed by atoms with E-state index >= 15 is 0 Å². The van der Waals surface area contributed by atoms with Gasteiger partial charge in [0.1, 0.15) is 10.8 Å². The van der Waals surface area contributed by atoms with E-state index in [0.717, 1.165) is 26.7 Å². The Bertz CT molecular complexity index is 775. The van der Waals surface area contributed by atoms with Gasteiger partial charge in [-0.05, 0) is 43.4 Å². The molecule has 112 valence electrons. The van der Waals surface area contributed by atoms with Gasteiger partial charge in [-0.15, -0.1) is 11.3 Å². The fourth-order valence-electron chi connectivity index (χ4n) is 1.83. The number of nitrogens with zero attached hydrogens (tertiary/aromatic N) is 2. The molecule has 0 fully saturated rings. The van der Waals surface area contributed by atoms with Crippen molar-refractivity contribution in [2.75, 3.05) is 0 Å². The first kappa shape index (κ1) is 14.7. The highest BCUT2D eigenvalue weighted by atomic mass is 32.1. The number of hydrazone groups is 1. The van der Waals surface area contributed by atoms with Crippen LogP contribution in [0.1, 0.15) is 17.7 Å². The van der Waals surface area contributed by atoms with Crippen LogP contribution < -0.4 is 10.7 Å². The SMILES string of the molecule is C/C(=N/NC(=S)NCc1ccco1)c1nc2ccccc2s1. The maximum Gasteiger partial charge on any atom is 0.187 e. The van der Waals surface area contributed by atoms with Gasteiger partial charge in [0.05, 0.1) is 28.7 Å². The number of benzene rings is 1. The van der Waals surface area contributed by atoms with Gasteiger partial charge in [0.25, 0.3) is 0 Å². The number of furan rings is 1. The number of rotatable bonds is 4. The van der Waals surface area contributed by atoms with Crippen LogP contribution in [0.3, 0.4) is 0 Å². The van der Waals surface area contributed by atoms with Gasteiger partial charge in [0.2, 0.25) is 0 Å². The fraction of sp³-hybridized carbons (Fsp3) is 0.133. The smallest absolute Gasteiger partial charge is 0.187 e. The van der Waals surface area contributed by atoms with Crippen LogP contribution in [0.2, 0.25) is 0 Å². The zero-order chi connectivity index (χ0) is 15.4. The van der Waals surface area contributed by atoms with Crippen LogP contribution in [0.5, 0.6) is 0 Å². The second-order valence-electron chi connectivity index (χ2n) is 4.56. The molecular weight excluding hydrogens is 316 g/mol. The molecule has 0 saturated carbocycles. The van der Waals surface area contributed by atoms with Gasteiger partial charge < -0.3 is 9.73 Å². The topological polar surface area (TPSA) is 62.5 Å². The van der Waals surface area contributed by atoms with Crippen LogP contribution in [0.25, 0.3) is 10.2 Å². The Morgan fingerprint density at radius 3 is 2.95 bits per heavy atom. The second-order valence-corrected chi connectivity index (χ2v) is 6.00. The standard InChI is InChI=1S/C15H14N4OS2/c1-10(14-17-12-6-2-3-7-13(12)22-14)18-19-15(21)16-9-11-5-4-8-20-11/h2-8H,9H2,1H3,(H2,16,19,21)/b18-10-. The molecular formula is C15H14N4OS2. The van der Waals surface area contributed by atoms with Gasteiger partial charge in [-0.2, -0.15) is 5.10 Å². The molecule has 22 heavy (non-hydrogen) atoms. The number of nitrogens with one attached hydrogen (secondary N) is 2. The van der Waals surface area contributed by atoms with Crippen molar-refractivity contribution in [3.63, 3.8) is 0 Å². The number of thiocarbonyl (C=S) groups is 1. The zero-order valence-electron chi connectivity index (χ0n) is 11.9. The van der Waals surface area contributed by atoms with E-state index in [1.54, 1.807) is 17.6 Å². The Hall–Kier alpha value is -2.25. The van der Waals surface area contributed by atoms with Crippen LogP contribution in [0, 0.1) is 0 Å². The highest BCUT2D eigenvalue weighted by molar-refractivity contribution is 7.80. The average molecular weight is 330 g/mol. The lowest BCUT2D eigenvalue weighted by Gasteiger charge is -2.05. The van der Waals surface area contributed by atoms with Crippen molar-refractivity contribution in [3.8, 4) is 0 Å². The van der Waals surface area contributed by atoms with E-state index in [2.05, 4.69) is 20.8 Å². The van der Waals surface area contributed by atoms with E-state index in [4.69, 9.17) is 16.6 Å². The van der Waals surface area contributed by atoms with E-state index < -0.39 is 0 Å². The Morgan fingerprint density at radius 1 is 1.32 bits per heavy atom. The first-order valence-electron chi connectivity index (χ1n) is 6.69. The van der Waals surface area contributed by atoms with E-state index in [0.29, 0.717) is 11.7 Å². The summed E-state index contributed by atoms with van der Waals surface area (Å²) >= 11 is 6.78. The minimum atomic E-state index is 0.442. The van der Waals surface area contributed by atoms with Crippen LogP contribution in [-0.4, -0.2) is 15.8 Å². The number of hydrogen-bond acceptors (Lipinski definition) is 5. The van der Waals surface area contributed by atoms with Crippen molar-refractivity contribution in [1.82, 2.24) is 15.7 Å². The van der Waals surface area contributed by atoms with Crippen LogP contribution in [0.4, 0.5) is 0 Å². The van der Waals surface area contributed by atoms with E-state index in [1.807, 2.05) is 43.3 Å². The van der Waals surface area contributed by atoms with Crippen molar-refractivity contribution in [2.45, 2.75) is 13.5 Å². The summed E-state index contributed by atoms with van der Waals surface area (Å²) in [4.78, 5) is 4.55. The molecule has 0 radical (unpaired) electrons. The Morgan fingerprint density at radius 2 is 2.18 bits per heavy atom. The van der Waals surface area contributed by atoms with Gasteiger partial charge in [-0.1, -0.05) is 12.1 Å². The maximum absolute atomic E-state index is 5.22. The van der Waals surface area contributed by atoms with E-state index in [1.165, 1.54) is 0 Å². The summed E-state index contributed by atoms with van der Waals surface area (Å²) in [5.41, 5.74) is 4.60. The van der Waals surface area contributed by atoms with Crippen LogP contribution in [0.15, 0.2) is 52.2 Å². The summed E-state index contributed by atoms with van der Waals surface area (Å²) in [6.07, 6.45) is 1.63. The first-order valence-corrected chi connectivity index (χ1v) is 7.91. The third-order valence-electron chi connectivity index (χ3n) is 2.93. The van der Waals surface area contributed by atoms with Crippen LogP contribution in [-0.2, 0) is 6.54 Å². The van der Waals surface area contributed by atoms with E-state index in [-0.39, 0.29) is 0 Å². The number of hydrogen-bond donors (Lipinski definition) is 2. The molecule has 7 heteroatoms. The molecule has 0 aliphatic carbocycles. The summed E-state index contributed by atoms with van der Waals surface area (Å²) in [5, 5.41) is 8.61. The highest BCUT2D eigenvalue weighted by Crippen LogP contribution is 2.21. The van der Waals surface area contributed by atoms with Crippen molar-refractivity contribution < 1.29 is 4.42 Å². The minimum absolute atomic E-state index is 0.442. The largest absolute Gasteiger partial charge is 0.467 e. The molecule has 0 bridgehead atoms. The van der Waals surface area contributed by atoms with Crippen LogP contribution >= 0.6 is 23.6 Å². The monoisotopic (exact) mass is 330 g/mol. The summed E-state index contributed by atoms with van der Waals surface area (Å²) in [5.74, 6) is 0.816. The average Bonchev–Trinajstić information content (AvgIpc) is 3.19. The summed E-state index contributed by atoms with van der Waals surface area (Å²) in [7, 11) is 0. The van der Waals surface area contributed by atoms with Gasteiger partial charge in [-0.25, -0.2) is 4.98 Å². The predicted molar refractivity (Wildman–Crippen MR) is 93.1 cm³/mol. The fourth-order valence-corrected chi connectivity index (χ4v) is 2.86. The minimum Gasteiger partial charge on any atom is -0.467 e. The molecule has 2 heterocycles. The lowest BCUT2D eigenvalue weighted by molar-refractivity contribution is 0.502.